The van der Waals surface area contributed by atoms with Crippen LogP contribution in [-0.2, 0) is 16.0 Å². The number of epoxide rings is 1. The molecule has 1 fully saturated rings. The molecule has 86 valence electrons. The number of halogens is 1. The first-order chi connectivity index (χ1) is 7.74. The van der Waals surface area contributed by atoms with Gasteiger partial charge in [-0.2, -0.15) is 0 Å². The monoisotopic (exact) mass is 283 g/mol. The Labute approximate surface area is 103 Å². The zero-order valence-electron chi connectivity index (χ0n) is 8.91. The van der Waals surface area contributed by atoms with E-state index in [2.05, 4.69) is 21.2 Å². The number of hydrogen-bond acceptors (Lipinski definition) is 2. The number of nitrogens with one attached hydrogen (secondary N) is 1. The van der Waals surface area contributed by atoms with Crippen molar-refractivity contribution in [3.63, 3.8) is 0 Å². The van der Waals surface area contributed by atoms with Gasteiger partial charge in [0.2, 0.25) is 5.91 Å². The second kappa shape index (κ2) is 5.46. The topological polar surface area (TPSA) is 41.6 Å². The van der Waals surface area contributed by atoms with Crippen LogP contribution in [0, 0.1) is 0 Å². The lowest BCUT2D eigenvalue weighted by Crippen LogP contribution is -2.26. The van der Waals surface area contributed by atoms with E-state index in [0.717, 1.165) is 23.1 Å². The highest BCUT2D eigenvalue weighted by molar-refractivity contribution is 9.10. The standard InChI is InChI=1S/C12H14BrNO2/c13-10-3-1-9(2-4-10)7-12(15)14-6-5-11-8-16-11/h1-4,11H,5-8H2,(H,14,15). The molecule has 0 bridgehead atoms. The van der Waals surface area contributed by atoms with Crippen LogP contribution in [0.3, 0.4) is 0 Å². The smallest absolute Gasteiger partial charge is 0.224 e. The van der Waals surface area contributed by atoms with Gasteiger partial charge in [0.05, 0.1) is 19.1 Å². The molecule has 1 aliphatic heterocycles. The average molecular weight is 284 g/mol. The largest absolute Gasteiger partial charge is 0.373 e. The molecule has 2 rings (SSSR count). The molecular formula is C12H14BrNO2. The molecule has 1 N–H and O–H groups in total. The van der Waals surface area contributed by atoms with Crippen molar-refractivity contribution in [2.75, 3.05) is 13.2 Å². The maximum absolute atomic E-state index is 11.5. The molecule has 16 heavy (non-hydrogen) atoms. The van der Waals surface area contributed by atoms with Crippen LogP contribution < -0.4 is 5.32 Å². The fourth-order valence-electron chi connectivity index (χ4n) is 1.46. The minimum atomic E-state index is 0.0722. The summed E-state index contributed by atoms with van der Waals surface area (Å²) in [6, 6.07) is 7.79. The molecule has 1 saturated heterocycles. The SMILES string of the molecule is O=C(Cc1ccc(Br)cc1)NCCC1CO1. The van der Waals surface area contributed by atoms with E-state index in [4.69, 9.17) is 4.74 Å². The second-order valence-corrected chi connectivity index (χ2v) is 4.81. The zero-order chi connectivity index (χ0) is 11.4. The number of hydrogen-bond donors (Lipinski definition) is 1. The van der Waals surface area contributed by atoms with E-state index in [1.54, 1.807) is 0 Å². The summed E-state index contributed by atoms with van der Waals surface area (Å²) in [5.74, 6) is 0.0722. The lowest BCUT2D eigenvalue weighted by molar-refractivity contribution is -0.120. The van der Waals surface area contributed by atoms with Crippen molar-refractivity contribution in [2.24, 2.45) is 0 Å². The molecule has 1 aliphatic rings. The Morgan fingerprint density at radius 1 is 1.44 bits per heavy atom. The van der Waals surface area contributed by atoms with Gasteiger partial charge in [0.15, 0.2) is 0 Å². The predicted molar refractivity (Wildman–Crippen MR) is 65.2 cm³/mol. The van der Waals surface area contributed by atoms with Crippen LogP contribution in [0.4, 0.5) is 0 Å². The van der Waals surface area contributed by atoms with Crippen LogP contribution in [0.15, 0.2) is 28.7 Å². The Hall–Kier alpha value is -0.870. The van der Waals surface area contributed by atoms with Crippen LogP contribution in [0.5, 0.6) is 0 Å². The van der Waals surface area contributed by atoms with Gasteiger partial charge in [0.25, 0.3) is 0 Å². The lowest BCUT2D eigenvalue weighted by Gasteiger charge is -2.04. The lowest BCUT2D eigenvalue weighted by atomic mass is 10.1. The number of rotatable bonds is 5. The van der Waals surface area contributed by atoms with Crippen LogP contribution in [0.25, 0.3) is 0 Å². The molecule has 0 aromatic heterocycles. The van der Waals surface area contributed by atoms with E-state index in [1.807, 2.05) is 24.3 Å². The summed E-state index contributed by atoms with van der Waals surface area (Å²) in [6.45, 7) is 1.56. The average Bonchev–Trinajstić information content (AvgIpc) is 3.05. The number of ether oxygens (including phenoxy) is 1. The fraction of sp³-hybridized carbons (Fsp3) is 0.417. The molecule has 1 heterocycles. The summed E-state index contributed by atoms with van der Waals surface area (Å²) >= 11 is 3.36. The Bertz CT molecular complexity index is 360. The van der Waals surface area contributed by atoms with E-state index in [1.165, 1.54) is 0 Å². The van der Waals surface area contributed by atoms with E-state index >= 15 is 0 Å². The van der Waals surface area contributed by atoms with Crippen LogP contribution in [0.1, 0.15) is 12.0 Å². The summed E-state index contributed by atoms with van der Waals surface area (Å²) in [5.41, 5.74) is 1.03. The van der Waals surface area contributed by atoms with Gasteiger partial charge in [-0.3, -0.25) is 4.79 Å². The van der Waals surface area contributed by atoms with Gasteiger partial charge in [0, 0.05) is 11.0 Å². The summed E-state index contributed by atoms with van der Waals surface area (Å²) < 4.78 is 6.10. The van der Waals surface area contributed by atoms with Crippen molar-refractivity contribution < 1.29 is 9.53 Å². The first-order valence-electron chi connectivity index (χ1n) is 5.37. The quantitative estimate of drug-likeness (QED) is 0.839. The third kappa shape index (κ3) is 3.94. The molecule has 0 spiro atoms. The summed E-state index contributed by atoms with van der Waals surface area (Å²) in [6.07, 6.45) is 1.75. The Kier molecular flexibility index (Phi) is 3.96. The van der Waals surface area contributed by atoms with E-state index in [9.17, 15) is 4.79 Å². The van der Waals surface area contributed by atoms with Gasteiger partial charge in [-0.15, -0.1) is 0 Å². The summed E-state index contributed by atoms with van der Waals surface area (Å²) in [5, 5.41) is 2.89. The molecule has 0 saturated carbocycles. The van der Waals surface area contributed by atoms with Crippen molar-refractivity contribution in [3.05, 3.63) is 34.3 Å². The van der Waals surface area contributed by atoms with Gasteiger partial charge in [0.1, 0.15) is 0 Å². The molecule has 4 heteroatoms. The summed E-state index contributed by atoms with van der Waals surface area (Å²) in [7, 11) is 0. The Morgan fingerprint density at radius 3 is 2.75 bits per heavy atom. The number of carbonyl (C=O) groups is 1. The molecule has 3 nitrogen and oxygen atoms in total. The van der Waals surface area contributed by atoms with Gasteiger partial charge in [-0.05, 0) is 24.1 Å². The number of benzene rings is 1. The highest BCUT2D eigenvalue weighted by Gasteiger charge is 2.21. The van der Waals surface area contributed by atoms with Gasteiger partial charge in [-0.25, -0.2) is 0 Å². The van der Waals surface area contributed by atoms with Crippen LogP contribution in [0.2, 0.25) is 0 Å². The Morgan fingerprint density at radius 2 is 2.12 bits per heavy atom. The van der Waals surface area contributed by atoms with Gasteiger partial charge >= 0.3 is 0 Å². The molecule has 0 radical (unpaired) electrons. The van der Waals surface area contributed by atoms with Crippen molar-refractivity contribution in [1.82, 2.24) is 5.32 Å². The molecule has 1 amide bonds. The van der Waals surface area contributed by atoms with E-state index in [0.29, 0.717) is 19.1 Å². The van der Waals surface area contributed by atoms with Crippen LogP contribution in [-0.4, -0.2) is 25.2 Å². The highest BCUT2D eigenvalue weighted by Crippen LogP contribution is 2.12. The van der Waals surface area contributed by atoms with E-state index < -0.39 is 0 Å². The molecule has 0 aliphatic carbocycles. The van der Waals surface area contributed by atoms with Crippen molar-refractivity contribution in [1.29, 1.82) is 0 Å². The Balaban J connectivity index is 1.70. The fourth-order valence-corrected chi connectivity index (χ4v) is 1.72. The maximum atomic E-state index is 11.5. The van der Waals surface area contributed by atoms with Gasteiger partial charge < -0.3 is 10.1 Å². The molecule has 1 aromatic carbocycles. The van der Waals surface area contributed by atoms with Crippen molar-refractivity contribution in [3.8, 4) is 0 Å². The maximum Gasteiger partial charge on any atom is 0.224 e. The first kappa shape index (κ1) is 11.6. The molecular weight excluding hydrogens is 270 g/mol. The number of carbonyl (C=O) groups excluding carboxylic acids is 1. The molecule has 1 atom stereocenters. The molecule has 1 aromatic rings. The normalized spacial score (nSPS) is 18.2. The van der Waals surface area contributed by atoms with Crippen molar-refractivity contribution in [2.45, 2.75) is 18.9 Å². The zero-order valence-corrected chi connectivity index (χ0v) is 10.5. The third-order valence-corrected chi connectivity index (χ3v) is 3.00. The van der Waals surface area contributed by atoms with Crippen molar-refractivity contribution >= 4 is 21.8 Å². The van der Waals surface area contributed by atoms with E-state index in [-0.39, 0.29) is 5.91 Å². The minimum absolute atomic E-state index is 0.0722. The first-order valence-corrected chi connectivity index (χ1v) is 6.16. The predicted octanol–water partition coefficient (Wildman–Crippen LogP) is 1.90. The van der Waals surface area contributed by atoms with Crippen LogP contribution >= 0.6 is 15.9 Å². The van der Waals surface area contributed by atoms with Gasteiger partial charge in [-0.1, -0.05) is 28.1 Å². The summed E-state index contributed by atoms with van der Waals surface area (Å²) in [4.78, 5) is 11.5. The minimum Gasteiger partial charge on any atom is -0.373 e. The second-order valence-electron chi connectivity index (χ2n) is 3.90. The highest BCUT2D eigenvalue weighted by atomic mass is 79.9. The third-order valence-electron chi connectivity index (χ3n) is 2.47. The molecule has 1 unspecified atom stereocenters. The number of amides is 1.